The molecule has 1 aromatic carbocycles. The summed E-state index contributed by atoms with van der Waals surface area (Å²) < 4.78 is 0. The largest absolute Gasteiger partial charge is 0.481 e. The van der Waals surface area contributed by atoms with E-state index in [0.717, 1.165) is 18.0 Å². The summed E-state index contributed by atoms with van der Waals surface area (Å²) in [7, 11) is 0. The van der Waals surface area contributed by atoms with Crippen molar-refractivity contribution in [3.63, 3.8) is 0 Å². The van der Waals surface area contributed by atoms with E-state index >= 15 is 0 Å². The van der Waals surface area contributed by atoms with Gasteiger partial charge in [0.25, 0.3) is 0 Å². The lowest BCUT2D eigenvalue weighted by molar-refractivity contribution is -0.138. The summed E-state index contributed by atoms with van der Waals surface area (Å²) in [6.07, 6.45) is 6.84. The van der Waals surface area contributed by atoms with Crippen molar-refractivity contribution in [2.24, 2.45) is 5.92 Å². The monoisotopic (exact) mass is 289 g/mol. The quantitative estimate of drug-likeness (QED) is 0.834. The molecule has 0 amide bonds. The van der Waals surface area contributed by atoms with Gasteiger partial charge in [0.15, 0.2) is 0 Å². The van der Waals surface area contributed by atoms with Crippen LogP contribution < -0.4 is 5.32 Å². The van der Waals surface area contributed by atoms with Crippen LogP contribution in [0.15, 0.2) is 24.3 Å². The van der Waals surface area contributed by atoms with Gasteiger partial charge in [-0.1, -0.05) is 43.5 Å². The fraction of sp³-hybridized carbons (Fsp3) is 0.611. The number of hydrogen-bond acceptors (Lipinski definition) is 2. The summed E-state index contributed by atoms with van der Waals surface area (Å²) in [5.74, 6) is -0.398. The molecule has 3 nitrogen and oxygen atoms in total. The average molecular weight is 289 g/mol. The zero-order chi connectivity index (χ0) is 15.2. The van der Waals surface area contributed by atoms with Crippen LogP contribution in [0.5, 0.6) is 0 Å². The minimum Gasteiger partial charge on any atom is -0.481 e. The van der Waals surface area contributed by atoms with Gasteiger partial charge in [-0.2, -0.15) is 0 Å². The van der Waals surface area contributed by atoms with E-state index in [1.165, 1.54) is 37.7 Å². The van der Waals surface area contributed by atoms with Crippen LogP contribution in [0, 0.1) is 5.92 Å². The number of rotatable bonds is 6. The summed E-state index contributed by atoms with van der Waals surface area (Å²) in [4.78, 5) is 11.0. The van der Waals surface area contributed by atoms with Gasteiger partial charge in [-0.15, -0.1) is 0 Å². The van der Waals surface area contributed by atoms with Crippen molar-refractivity contribution < 1.29 is 9.90 Å². The van der Waals surface area contributed by atoms with Crippen LogP contribution in [0.3, 0.4) is 0 Å². The molecular formula is C18H27NO2. The minimum atomic E-state index is -0.771. The second kappa shape index (κ2) is 7.60. The Morgan fingerprint density at radius 2 is 1.81 bits per heavy atom. The number of aliphatic carboxylic acids is 1. The van der Waals surface area contributed by atoms with E-state index in [2.05, 4.69) is 12.2 Å². The number of hydrogen-bond donors (Lipinski definition) is 2. The minimum absolute atomic E-state index is 0.437. The van der Waals surface area contributed by atoms with E-state index < -0.39 is 11.9 Å². The fourth-order valence-corrected chi connectivity index (χ4v) is 3.15. The van der Waals surface area contributed by atoms with E-state index in [9.17, 15) is 4.79 Å². The number of benzene rings is 1. The molecule has 1 aliphatic carbocycles. The zero-order valence-electron chi connectivity index (χ0n) is 13.1. The van der Waals surface area contributed by atoms with Crippen molar-refractivity contribution in [2.45, 2.75) is 64.5 Å². The first-order valence-corrected chi connectivity index (χ1v) is 8.13. The zero-order valence-corrected chi connectivity index (χ0v) is 13.1. The maximum absolute atomic E-state index is 11.0. The Morgan fingerprint density at radius 3 is 2.38 bits per heavy atom. The lowest BCUT2D eigenvalue weighted by Crippen LogP contribution is -2.34. The van der Waals surface area contributed by atoms with Crippen LogP contribution >= 0.6 is 0 Å². The first kappa shape index (κ1) is 16.0. The van der Waals surface area contributed by atoms with Crippen LogP contribution in [0.2, 0.25) is 0 Å². The summed E-state index contributed by atoms with van der Waals surface area (Å²) in [5, 5.41) is 12.6. The molecule has 1 unspecified atom stereocenters. The van der Waals surface area contributed by atoms with Crippen LogP contribution in [-0.2, 0) is 11.3 Å². The highest BCUT2D eigenvalue weighted by molar-refractivity contribution is 5.75. The maximum atomic E-state index is 11.0. The lowest BCUT2D eigenvalue weighted by atomic mass is 9.84. The Bertz CT molecular complexity index is 449. The molecule has 21 heavy (non-hydrogen) atoms. The predicted molar refractivity (Wildman–Crippen MR) is 85.4 cm³/mol. The highest BCUT2D eigenvalue weighted by atomic mass is 16.4. The molecule has 116 valence electrons. The molecule has 2 N–H and O–H groups in total. The van der Waals surface area contributed by atoms with Gasteiger partial charge < -0.3 is 10.4 Å². The van der Waals surface area contributed by atoms with Crippen LogP contribution in [-0.4, -0.2) is 17.1 Å². The molecule has 0 spiro atoms. The number of carboxylic acids is 1. The Kier molecular flexibility index (Phi) is 5.80. The standard InChI is InChI=1S/C18H27NO2/c1-13(18(20)21)16-10-8-15(9-11-16)12-19-14(2)17-6-4-3-5-7-17/h8-11,13-14,17,19H,3-7,12H2,1-2H3,(H,20,21)/t13?,14-/m1/s1. The van der Waals surface area contributed by atoms with Crippen molar-refractivity contribution in [3.05, 3.63) is 35.4 Å². The van der Waals surface area contributed by atoms with Crippen molar-refractivity contribution in [3.8, 4) is 0 Å². The molecule has 0 aromatic heterocycles. The molecule has 0 heterocycles. The van der Waals surface area contributed by atoms with Gasteiger partial charge in [0.2, 0.25) is 0 Å². The summed E-state index contributed by atoms with van der Waals surface area (Å²) in [6.45, 7) is 4.87. The maximum Gasteiger partial charge on any atom is 0.310 e. The van der Waals surface area contributed by atoms with Gasteiger partial charge in [0.05, 0.1) is 5.92 Å². The van der Waals surface area contributed by atoms with Crippen LogP contribution in [0.1, 0.15) is 63.0 Å². The van der Waals surface area contributed by atoms with E-state index in [1.54, 1.807) is 6.92 Å². The third kappa shape index (κ3) is 4.57. The number of carboxylic acid groups (broad SMARTS) is 1. The highest BCUT2D eigenvalue weighted by Gasteiger charge is 2.19. The summed E-state index contributed by atoms with van der Waals surface area (Å²) in [6, 6.07) is 8.50. The van der Waals surface area contributed by atoms with Crippen molar-refractivity contribution in [1.82, 2.24) is 5.32 Å². The molecule has 2 atom stereocenters. The molecule has 2 rings (SSSR count). The van der Waals surface area contributed by atoms with Crippen molar-refractivity contribution in [2.75, 3.05) is 0 Å². The van der Waals surface area contributed by atoms with E-state index in [-0.39, 0.29) is 0 Å². The third-order valence-electron chi connectivity index (χ3n) is 4.84. The topological polar surface area (TPSA) is 49.3 Å². The normalized spacial score (nSPS) is 19.1. The highest BCUT2D eigenvalue weighted by Crippen LogP contribution is 2.26. The summed E-state index contributed by atoms with van der Waals surface area (Å²) >= 11 is 0. The Hall–Kier alpha value is -1.35. The van der Waals surface area contributed by atoms with E-state index in [0.29, 0.717) is 6.04 Å². The first-order chi connectivity index (χ1) is 10.1. The molecule has 1 aromatic rings. The lowest BCUT2D eigenvalue weighted by Gasteiger charge is -2.28. The van der Waals surface area contributed by atoms with E-state index in [1.807, 2.05) is 24.3 Å². The molecule has 0 bridgehead atoms. The summed E-state index contributed by atoms with van der Waals surface area (Å²) in [5.41, 5.74) is 2.09. The molecular weight excluding hydrogens is 262 g/mol. The average Bonchev–Trinajstić information content (AvgIpc) is 2.53. The third-order valence-corrected chi connectivity index (χ3v) is 4.84. The number of carbonyl (C=O) groups is 1. The second-order valence-electron chi connectivity index (χ2n) is 6.37. The van der Waals surface area contributed by atoms with Gasteiger partial charge in [0, 0.05) is 12.6 Å². The number of nitrogens with one attached hydrogen (secondary N) is 1. The molecule has 1 saturated carbocycles. The smallest absolute Gasteiger partial charge is 0.310 e. The molecule has 1 aliphatic rings. The van der Waals surface area contributed by atoms with Crippen molar-refractivity contribution in [1.29, 1.82) is 0 Å². The molecule has 0 saturated heterocycles. The van der Waals surface area contributed by atoms with Gasteiger partial charge in [-0.3, -0.25) is 4.79 Å². The van der Waals surface area contributed by atoms with Gasteiger partial charge in [0.1, 0.15) is 0 Å². The van der Waals surface area contributed by atoms with E-state index in [4.69, 9.17) is 5.11 Å². The van der Waals surface area contributed by atoms with Crippen LogP contribution in [0.4, 0.5) is 0 Å². The SMILES string of the molecule is CC(C(=O)O)c1ccc(CN[C@H](C)C2CCCCC2)cc1. The Balaban J connectivity index is 1.84. The molecule has 0 radical (unpaired) electrons. The molecule has 1 fully saturated rings. The van der Waals surface area contributed by atoms with Gasteiger partial charge >= 0.3 is 5.97 Å². The predicted octanol–water partition coefficient (Wildman–Crippen LogP) is 3.93. The Morgan fingerprint density at radius 1 is 1.19 bits per heavy atom. The first-order valence-electron chi connectivity index (χ1n) is 8.13. The molecule has 3 heteroatoms. The van der Waals surface area contributed by atoms with Crippen molar-refractivity contribution >= 4 is 5.97 Å². The van der Waals surface area contributed by atoms with Gasteiger partial charge in [-0.25, -0.2) is 0 Å². The fourth-order valence-electron chi connectivity index (χ4n) is 3.15. The second-order valence-corrected chi connectivity index (χ2v) is 6.37. The van der Waals surface area contributed by atoms with Crippen LogP contribution in [0.25, 0.3) is 0 Å². The molecule has 0 aliphatic heterocycles. The Labute approximate surface area is 127 Å². The van der Waals surface area contributed by atoms with Gasteiger partial charge in [-0.05, 0) is 43.7 Å².